The summed E-state index contributed by atoms with van der Waals surface area (Å²) in [7, 11) is 0. The highest BCUT2D eigenvalue weighted by atomic mass is 16.5. The number of unbranched alkanes of at least 4 members (excludes halogenated alkanes) is 19. The molecule has 0 unspecified atom stereocenters. The van der Waals surface area contributed by atoms with E-state index in [1.807, 2.05) is 0 Å². The van der Waals surface area contributed by atoms with Gasteiger partial charge in [-0.1, -0.05) is 141 Å². The maximum Gasteiger partial charge on any atom is 0.145 e. The predicted molar refractivity (Wildman–Crippen MR) is 152 cm³/mol. The zero-order valence-electron chi connectivity index (χ0n) is 23.1. The van der Waals surface area contributed by atoms with E-state index in [0.29, 0.717) is 0 Å². The van der Waals surface area contributed by atoms with Crippen LogP contribution in [0.1, 0.15) is 147 Å². The molecule has 0 N–H and O–H groups in total. The number of ether oxygens (including phenoxy) is 1. The summed E-state index contributed by atoms with van der Waals surface area (Å²) >= 11 is 0. The van der Waals surface area contributed by atoms with Gasteiger partial charge in [-0.15, -0.1) is 0 Å². The first-order chi connectivity index (χ1) is 16.8. The van der Waals surface area contributed by atoms with Gasteiger partial charge in [0.25, 0.3) is 0 Å². The van der Waals surface area contributed by atoms with Gasteiger partial charge >= 0.3 is 0 Å². The molecule has 1 aromatic rings. The van der Waals surface area contributed by atoms with E-state index in [0.717, 1.165) is 25.3 Å². The summed E-state index contributed by atoms with van der Waals surface area (Å²) in [5.74, 6) is 1.12. The second kappa shape index (κ2) is 20.1. The maximum absolute atomic E-state index is 6.01. The van der Waals surface area contributed by atoms with Gasteiger partial charge in [0.2, 0.25) is 0 Å². The van der Waals surface area contributed by atoms with E-state index in [-0.39, 0.29) is 0 Å². The number of fused-ring (bicyclic) bond motifs is 1. The number of hydrogen-bond acceptors (Lipinski definition) is 2. The molecule has 0 amide bonds. The Bertz CT molecular complexity index is 599. The van der Waals surface area contributed by atoms with Gasteiger partial charge in [0.05, 0.1) is 12.3 Å². The van der Waals surface area contributed by atoms with Crippen LogP contribution in [0.4, 0.5) is 5.69 Å². The van der Waals surface area contributed by atoms with E-state index < -0.39 is 0 Å². The lowest BCUT2D eigenvalue weighted by atomic mass is 10.0. The molecule has 0 saturated heterocycles. The molecule has 2 rings (SSSR count). The lowest BCUT2D eigenvalue weighted by Crippen LogP contribution is -2.25. The molecular formula is C32H57NO. The summed E-state index contributed by atoms with van der Waals surface area (Å²) < 4.78 is 6.01. The molecule has 34 heavy (non-hydrogen) atoms. The number of aryl methyl sites for hydroxylation is 1. The Hall–Kier alpha value is -1.18. The highest BCUT2D eigenvalue weighted by Gasteiger charge is 2.17. The number of rotatable bonds is 21. The first kappa shape index (κ1) is 29.1. The lowest BCUT2D eigenvalue weighted by Gasteiger charge is -2.24. The molecule has 0 aliphatic carbocycles. The van der Waals surface area contributed by atoms with E-state index in [2.05, 4.69) is 36.9 Å². The topological polar surface area (TPSA) is 12.5 Å². The molecule has 0 aromatic heterocycles. The first-order valence-electron chi connectivity index (χ1n) is 15.3. The maximum atomic E-state index is 6.01. The minimum absolute atomic E-state index is 0.855. The van der Waals surface area contributed by atoms with E-state index >= 15 is 0 Å². The zero-order valence-corrected chi connectivity index (χ0v) is 23.1. The van der Waals surface area contributed by atoms with E-state index in [4.69, 9.17) is 4.74 Å². The molecule has 1 heterocycles. The van der Waals surface area contributed by atoms with Crippen molar-refractivity contribution in [2.75, 3.05) is 24.6 Å². The van der Waals surface area contributed by atoms with E-state index in [9.17, 15) is 0 Å². The third kappa shape index (κ3) is 13.1. The molecule has 0 radical (unpaired) electrons. The summed E-state index contributed by atoms with van der Waals surface area (Å²) in [6, 6.07) is 6.58. The zero-order chi connectivity index (χ0) is 24.1. The molecule has 0 atom stereocenters. The second-order valence-corrected chi connectivity index (χ2v) is 10.8. The van der Waals surface area contributed by atoms with Crippen molar-refractivity contribution < 1.29 is 4.74 Å². The Labute approximate surface area is 213 Å². The summed E-state index contributed by atoms with van der Waals surface area (Å²) in [6.07, 6.45) is 30.0. The van der Waals surface area contributed by atoms with Crippen molar-refractivity contribution in [1.82, 2.24) is 0 Å². The summed E-state index contributed by atoms with van der Waals surface area (Å²) in [6.45, 7) is 7.64. The third-order valence-corrected chi connectivity index (χ3v) is 7.63. The van der Waals surface area contributed by atoms with Crippen molar-refractivity contribution in [2.45, 2.75) is 149 Å². The van der Waals surface area contributed by atoms with Crippen molar-refractivity contribution in [3.8, 4) is 5.75 Å². The summed E-state index contributed by atoms with van der Waals surface area (Å²) in [5, 5.41) is 0. The largest absolute Gasteiger partial charge is 0.491 e. The highest BCUT2D eigenvalue weighted by molar-refractivity contribution is 5.62. The second-order valence-electron chi connectivity index (χ2n) is 10.8. The summed E-state index contributed by atoms with van der Waals surface area (Å²) in [4.78, 5) is 2.56. The van der Waals surface area contributed by atoms with E-state index in [1.165, 1.54) is 146 Å². The quantitative estimate of drug-likeness (QED) is 0.165. The number of anilines is 1. The van der Waals surface area contributed by atoms with Crippen molar-refractivity contribution >= 4 is 5.69 Å². The number of nitrogens with zero attached hydrogens (tertiary/aromatic N) is 1. The molecule has 0 fully saturated rings. The Morgan fingerprint density at radius 3 is 1.62 bits per heavy atom. The fourth-order valence-corrected chi connectivity index (χ4v) is 5.41. The standard InChI is InChI=1S/C32H57NO/c1-3-4-5-6-7-8-9-10-11-12-13-14-15-16-17-18-19-20-21-22-27-33-28-24-29-34-32-30(2)25-23-26-31(32)33/h23,25-26H,3-22,24,27-29H2,1-2H3. The van der Waals surface area contributed by atoms with Crippen LogP contribution in [0, 0.1) is 6.92 Å². The molecule has 1 aromatic carbocycles. The van der Waals surface area contributed by atoms with Crippen LogP contribution in [0.15, 0.2) is 18.2 Å². The van der Waals surface area contributed by atoms with Gasteiger partial charge in [0, 0.05) is 13.1 Å². The number of hydrogen-bond donors (Lipinski definition) is 0. The first-order valence-corrected chi connectivity index (χ1v) is 15.3. The molecular weight excluding hydrogens is 414 g/mol. The van der Waals surface area contributed by atoms with Gasteiger partial charge in [-0.3, -0.25) is 0 Å². The van der Waals surface area contributed by atoms with Crippen LogP contribution in [0.2, 0.25) is 0 Å². The highest BCUT2D eigenvalue weighted by Crippen LogP contribution is 2.34. The van der Waals surface area contributed by atoms with Crippen LogP contribution in [0.25, 0.3) is 0 Å². The van der Waals surface area contributed by atoms with E-state index in [1.54, 1.807) is 0 Å². The van der Waals surface area contributed by atoms with Crippen molar-refractivity contribution in [2.24, 2.45) is 0 Å². The molecule has 0 saturated carbocycles. The molecule has 2 heteroatoms. The molecule has 2 nitrogen and oxygen atoms in total. The SMILES string of the molecule is CCCCCCCCCCCCCCCCCCCCCCN1CCCOc2c(C)cccc21. The van der Waals surface area contributed by atoms with Gasteiger partial charge in [0.15, 0.2) is 0 Å². The lowest BCUT2D eigenvalue weighted by molar-refractivity contribution is 0.320. The van der Waals surface area contributed by atoms with Gasteiger partial charge in [-0.2, -0.15) is 0 Å². The minimum Gasteiger partial charge on any atom is -0.491 e. The van der Waals surface area contributed by atoms with Crippen LogP contribution in [0.3, 0.4) is 0 Å². The monoisotopic (exact) mass is 471 g/mol. The van der Waals surface area contributed by atoms with Crippen molar-refractivity contribution in [3.63, 3.8) is 0 Å². The Kier molecular flexibility index (Phi) is 17.1. The molecule has 196 valence electrons. The van der Waals surface area contributed by atoms with Crippen LogP contribution in [0.5, 0.6) is 5.75 Å². The molecule has 0 bridgehead atoms. The average Bonchev–Trinajstić information content (AvgIpc) is 3.06. The van der Waals surface area contributed by atoms with Crippen LogP contribution < -0.4 is 9.64 Å². The van der Waals surface area contributed by atoms with Crippen LogP contribution in [-0.2, 0) is 0 Å². The normalized spacial score (nSPS) is 13.5. The van der Waals surface area contributed by atoms with Crippen molar-refractivity contribution in [1.29, 1.82) is 0 Å². The predicted octanol–water partition coefficient (Wildman–Crippen LogP) is 10.4. The molecule has 1 aliphatic heterocycles. The van der Waals surface area contributed by atoms with Crippen LogP contribution in [-0.4, -0.2) is 19.7 Å². The fourth-order valence-electron chi connectivity index (χ4n) is 5.41. The molecule has 0 spiro atoms. The Morgan fingerprint density at radius 1 is 0.647 bits per heavy atom. The Morgan fingerprint density at radius 2 is 1.12 bits per heavy atom. The third-order valence-electron chi connectivity index (χ3n) is 7.63. The van der Waals surface area contributed by atoms with Gasteiger partial charge in [0.1, 0.15) is 5.75 Å². The Balaban J connectivity index is 1.33. The minimum atomic E-state index is 0.855. The summed E-state index contributed by atoms with van der Waals surface area (Å²) in [5.41, 5.74) is 2.59. The average molecular weight is 472 g/mol. The van der Waals surface area contributed by atoms with Crippen molar-refractivity contribution in [3.05, 3.63) is 23.8 Å². The van der Waals surface area contributed by atoms with Gasteiger partial charge in [-0.05, 0) is 31.4 Å². The van der Waals surface area contributed by atoms with Gasteiger partial charge in [-0.25, -0.2) is 0 Å². The fraction of sp³-hybridized carbons (Fsp3) is 0.812. The number of para-hydroxylation sites is 1. The smallest absolute Gasteiger partial charge is 0.145 e. The molecule has 1 aliphatic rings. The van der Waals surface area contributed by atoms with Crippen LogP contribution >= 0.6 is 0 Å². The van der Waals surface area contributed by atoms with Gasteiger partial charge < -0.3 is 9.64 Å². The number of benzene rings is 1.